The molecule has 1 saturated heterocycles. The van der Waals surface area contributed by atoms with Gasteiger partial charge in [-0.15, -0.1) is 0 Å². The number of aryl methyl sites for hydroxylation is 1. The van der Waals surface area contributed by atoms with Gasteiger partial charge in [-0.3, -0.25) is 14.8 Å². The number of nitrogens with zero attached hydrogens (tertiary/aromatic N) is 5. The Kier molecular flexibility index (Phi) is 4.73. The number of morpholine rings is 1. The summed E-state index contributed by atoms with van der Waals surface area (Å²) in [5.41, 5.74) is 0.998. The number of ether oxygens (including phenoxy) is 1. The number of rotatable bonds is 5. The van der Waals surface area contributed by atoms with Gasteiger partial charge in [-0.05, 0) is 6.07 Å². The van der Waals surface area contributed by atoms with E-state index in [1.54, 1.807) is 25.6 Å². The highest BCUT2D eigenvalue weighted by Crippen LogP contribution is 2.11. The zero-order valence-electron chi connectivity index (χ0n) is 13.5. The molecule has 8 nitrogen and oxygen atoms in total. The van der Waals surface area contributed by atoms with Crippen molar-refractivity contribution in [3.8, 4) is 0 Å². The number of aromatic amines is 1. The normalized spacial score (nSPS) is 19.0. The molecule has 1 aliphatic rings. The Morgan fingerprint density at radius 2 is 2.35 bits per heavy atom. The molecule has 1 aliphatic heterocycles. The van der Waals surface area contributed by atoms with Crippen molar-refractivity contribution in [1.82, 2.24) is 24.6 Å². The van der Waals surface area contributed by atoms with Crippen LogP contribution in [0.5, 0.6) is 0 Å². The van der Waals surface area contributed by atoms with Crippen molar-refractivity contribution in [2.45, 2.75) is 12.6 Å². The van der Waals surface area contributed by atoms with Gasteiger partial charge in [-0.25, -0.2) is 4.98 Å². The quantitative estimate of drug-likeness (QED) is 0.825. The van der Waals surface area contributed by atoms with Crippen molar-refractivity contribution in [3.05, 3.63) is 40.7 Å². The van der Waals surface area contributed by atoms with E-state index in [9.17, 15) is 4.79 Å². The maximum Gasteiger partial charge on any atom is 0.293 e. The van der Waals surface area contributed by atoms with Gasteiger partial charge in [0, 0.05) is 64.6 Å². The Morgan fingerprint density at radius 1 is 1.48 bits per heavy atom. The minimum absolute atomic E-state index is 0.0448. The van der Waals surface area contributed by atoms with Crippen molar-refractivity contribution < 1.29 is 4.74 Å². The van der Waals surface area contributed by atoms with E-state index in [0.29, 0.717) is 19.0 Å². The van der Waals surface area contributed by atoms with Crippen molar-refractivity contribution in [1.29, 1.82) is 0 Å². The number of H-pyrrole nitrogens is 1. The second-order valence-corrected chi connectivity index (χ2v) is 5.86. The summed E-state index contributed by atoms with van der Waals surface area (Å²) in [5.74, 6) is 0.448. The molecule has 124 valence electrons. The Morgan fingerprint density at radius 3 is 3.13 bits per heavy atom. The van der Waals surface area contributed by atoms with E-state index in [0.717, 1.165) is 25.3 Å². The summed E-state index contributed by atoms with van der Waals surface area (Å²) in [6, 6.07) is 1.98. The molecule has 1 N–H and O–H groups in total. The van der Waals surface area contributed by atoms with Crippen LogP contribution in [0.4, 0.5) is 5.82 Å². The lowest BCUT2D eigenvalue weighted by atomic mass is 10.2. The molecule has 1 fully saturated rings. The van der Waals surface area contributed by atoms with Crippen LogP contribution in [0.15, 0.2) is 29.5 Å². The fourth-order valence-corrected chi connectivity index (χ4v) is 2.79. The largest absolute Gasteiger partial charge is 0.374 e. The molecule has 2 aromatic rings. The lowest BCUT2D eigenvalue weighted by Crippen LogP contribution is -2.47. The van der Waals surface area contributed by atoms with Crippen LogP contribution in [0, 0.1) is 0 Å². The summed E-state index contributed by atoms with van der Waals surface area (Å²) in [5, 5.41) is 6.96. The number of likely N-dealkylation sites (N-methyl/N-ethyl adjacent to an activating group) is 1. The fourth-order valence-electron chi connectivity index (χ4n) is 2.79. The molecule has 23 heavy (non-hydrogen) atoms. The van der Waals surface area contributed by atoms with Gasteiger partial charge in [0.05, 0.1) is 12.7 Å². The van der Waals surface area contributed by atoms with E-state index in [-0.39, 0.29) is 11.7 Å². The third-order valence-corrected chi connectivity index (χ3v) is 4.01. The number of nitrogens with one attached hydrogen (secondary N) is 1. The predicted molar refractivity (Wildman–Crippen MR) is 86.4 cm³/mol. The molecule has 0 aromatic carbocycles. The second-order valence-electron chi connectivity index (χ2n) is 5.86. The summed E-state index contributed by atoms with van der Waals surface area (Å²) in [6.45, 7) is 3.86. The third-order valence-electron chi connectivity index (χ3n) is 4.01. The first-order chi connectivity index (χ1) is 11.1. The molecule has 0 spiro atoms. The minimum atomic E-state index is -0.0971. The third kappa shape index (κ3) is 3.77. The van der Waals surface area contributed by atoms with E-state index in [2.05, 4.69) is 20.1 Å². The zero-order chi connectivity index (χ0) is 16.2. The van der Waals surface area contributed by atoms with E-state index in [1.165, 1.54) is 4.57 Å². The summed E-state index contributed by atoms with van der Waals surface area (Å²) in [6.07, 6.45) is 5.10. The van der Waals surface area contributed by atoms with Crippen molar-refractivity contribution >= 4 is 5.82 Å². The first-order valence-electron chi connectivity index (χ1n) is 7.68. The van der Waals surface area contributed by atoms with Gasteiger partial charge < -0.3 is 14.2 Å². The molecule has 0 amide bonds. The number of hydrogen-bond acceptors (Lipinski definition) is 6. The van der Waals surface area contributed by atoms with Gasteiger partial charge in [-0.1, -0.05) is 0 Å². The van der Waals surface area contributed by atoms with E-state index >= 15 is 0 Å². The Hall–Kier alpha value is -2.19. The van der Waals surface area contributed by atoms with Crippen LogP contribution in [0.2, 0.25) is 0 Å². The van der Waals surface area contributed by atoms with Crippen LogP contribution in [0.3, 0.4) is 0 Å². The number of anilines is 1. The topological polar surface area (TPSA) is 79.3 Å². The lowest BCUT2D eigenvalue weighted by Gasteiger charge is -2.34. The van der Waals surface area contributed by atoms with Crippen LogP contribution in [0.1, 0.15) is 5.69 Å². The molecule has 0 radical (unpaired) electrons. The highest BCUT2D eigenvalue weighted by atomic mass is 16.5. The highest BCUT2D eigenvalue weighted by molar-refractivity contribution is 5.34. The Labute approximate surface area is 134 Å². The molecule has 2 aromatic heterocycles. The molecule has 0 saturated carbocycles. The van der Waals surface area contributed by atoms with E-state index < -0.39 is 0 Å². The van der Waals surface area contributed by atoms with Crippen LogP contribution < -0.4 is 10.5 Å². The van der Waals surface area contributed by atoms with E-state index in [4.69, 9.17) is 4.74 Å². The molecular weight excluding hydrogens is 296 g/mol. The van der Waals surface area contributed by atoms with Crippen molar-refractivity contribution in [2.75, 3.05) is 38.2 Å². The summed E-state index contributed by atoms with van der Waals surface area (Å²) in [7, 11) is 3.60. The van der Waals surface area contributed by atoms with Gasteiger partial charge in [0.2, 0.25) is 0 Å². The molecule has 3 heterocycles. The standard InChI is InChI=1S/C15H22N6O2/c1-19-6-5-16-14(15(19)22)20(2)10-13-11-21(7-8-23-13)9-12-3-4-17-18-12/h3-6,13H,7-11H2,1-2H3,(H,17,18)/t13-/m1/s1. The average molecular weight is 318 g/mol. The first-order valence-corrected chi connectivity index (χ1v) is 7.68. The van der Waals surface area contributed by atoms with Gasteiger partial charge in [-0.2, -0.15) is 5.10 Å². The lowest BCUT2D eigenvalue weighted by molar-refractivity contribution is -0.0268. The average Bonchev–Trinajstić information content (AvgIpc) is 3.03. The number of hydrogen-bond donors (Lipinski definition) is 1. The van der Waals surface area contributed by atoms with Crippen molar-refractivity contribution in [2.24, 2.45) is 7.05 Å². The predicted octanol–water partition coefficient (Wildman–Crippen LogP) is -0.159. The Balaban J connectivity index is 1.60. The molecule has 3 rings (SSSR count). The van der Waals surface area contributed by atoms with Gasteiger partial charge in [0.15, 0.2) is 5.82 Å². The second kappa shape index (κ2) is 6.93. The van der Waals surface area contributed by atoms with Crippen molar-refractivity contribution in [3.63, 3.8) is 0 Å². The van der Waals surface area contributed by atoms with E-state index in [1.807, 2.05) is 18.0 Å². The summed E-state index contributed by atoms with van der Waals surface area (Å²) >= 11 is 0. The maximum absolute atomic E-state index is 12.1. The molecular formula is C15H22N6O2. The fraction of sp³-hybridized carbons (Fsp3) is 0.533. The monoisotopic (exact) mass is 318 g/mol. The Bertz CT molecular complexity index is 684. The highest BCUT2D eigenvalue weighted by Gasteiger charge is 2.23. The van der Waals surface area contributed by atoms with Gasteiger partial charge in [0.1, 0.15) is 0 Å². The van der Waals surface area contributed by atoms with Crippen LogP contribution in [0.25, 0.3) is 0 Å². The zero-order valence-corrected chi connectivity index (χ0v) is 13.5. The first kappa shape index (κ1) is 15.7. The SMILES string of the molecule is CN(C[C@@H]1CN(Cc2ccn[nH]2)CCO1)c1nccn(C)c1=O. The molecule has 0 bridgehead atoms. The molecule has 0 aliphatic carbocycles. The minimum Gasteiger partial charge on any atom is -0.374 e. The van der Waals surface area contributed by atoms with Crippen LogP contribution in [-0.4, -0.2) is 64.0 Å². The van der Waals surface area contributed by atoms with Crippen LogP contribution in [-0.2, 0) is 18.3 Å². The van der Waals surface area contributed by atoms with Gasteiger partial charge in [0.25, 0.3) is 5.56 Å². The molecule has 1 atom stereocenters. The number of aromatic nitrogens is 4. The van der Waals surface area contributed by atoms with Crippen LogP contribution >= 0.6 is 0 Å². The summed E-state index contributed by atoms with van der Waals surface area (Å²) in [4.78, 5) is 20.5. The molecule has 0 unspecified atom stereocenters. The summed E-state index contributed by atoms with van der Waals surface area (Å²) < 4.78 is 7.38. The maximum atomic E-state index is 12.1. The van der Waals surface area contributed by atoms with Gasteiger partial charge >= 0.3 is 0 Å². The molecule has 8 heteroatoms. The smallest absolute Gasteiger partial charge is 0.293 e.